The molecule has 7 heteroatoms. The molecule has 2 aromatic rings. The van der Waals surface area contributed by atoms with Gasteiger partial charge in [-0.3, -0.25) is 14.6 Å². The molecule has 1 amide bonds. The van der Waals surface area contributed by atoms with Gasteiger partial charge in [0.15, 0.2) is 0 Å². The van der Waals surface area contributed by atoms with E-state index in [4.69, 9.17) is 9.47 Å². The molecule has 7 nitrogen and oxygen atoms in total. The number of hydrogen-bond acceptors (Lipinski definition) is 6. The minimum Gasteiger partial charge on any atom is -0.507 e. The number of pyridine rings is 1. The first-order chi connectivity index (χ1) is 14.1. The fourth-order valence-corrected chi connectivity index (χ4v) is 3.30. The summed E-state index contributed by atoms with van der Waals surface area (Å²) in [6.45, 7) is 3.04. The third-order valence-corrected chi connectivity index (χ3v) is 4.68. The van der Waals surface area contributed by atoms with Gasteiger partial charge in [-0.05, 0) is 36.2 Å². The zero-order chi connectivity index (χ0) is 20.8. The summed E-state index contributed by atoms with van der Waals surface area (Å²) in [5, 5.41) is 11.0. The molecule has 1 aromatic heterocycles. The summed E-state index contributed by atoms with van der Waals surface area (Å²) >= 11 is 0. The van der Waals surface area contributed by atoms with Crippen LogP contribution in [0.4, 0.5) is 0 Å². The van der Waals surface area contributed by atoms with Gasteiger partial charge in [0.25, 0.3) is 11.7 Å². The van der Waals surface area contributed by atoms with E-state index in [2.05, 4.69) is 4.98 Å². The number of aliphatic hydroxyl groups excluding tert-OH is 1. The third-order valence-electron chi connectivity index (χ3n) is 4.68. The third kappa shape index (κ3) is 4.30. The minimum absolute atomic E-state index is 0.0462. The molecule has 1 N–H and O–H groups in total. The standard InChI is InChI=1S/C22H24N2O5/c1-3-12-29-17-6-4-5-16(14-17)20(25)18-19(15-7-9-23-10-8-15)24(11-13-28-2)22(27)21(18)26/h4-10,14,19,25H,3,11-13H2,1-2H3/b20-18+. The fraction of sp³-hybridized carbons (Fsp3) is 0.318. The summed E-state index contributed by atoms with van der Waals surface area (Å²) in [6.07, 6.45) is 4.03. The van der Waals surface area contributed by atoms with Gasteiger partial charge in [-0.1, -0.05) is 19.1 Å². The molecule has 3 rings (SSSR count). The monoisotopic (exact) mass is 396 g/mol. The molecule has 1 unspecified atom stereocenters. The lowest BCUT2D eigenvalue weighted by Gasteiger charge is -2.24. The lowest BCUT2D eigenvalue weighted by Crippen LogP contribution is -2.32. The Morgan fingerprint density at radius 2 is 1.93 bits per heavy atom. The quantitative estimate of drug-likeness (QED) is 0.419. The van der Waals surface area contributed by atoms with Gasteiger partial charge >= 0.3 is 0 Å². The van der Waals surface area contributed by atoms with Crippen LogP contribution in [0.2, 0.25) is 0 Å². The van der Waals surface area contributed by atoms with Crippen molar-refractivity contribution in [3.8, 4) is 5.75 Å². The van der Waals surface area contributed by atoms with E-state index in [9.17, 15) is 14.7 Å². The largest absolute Gasteiger partial charge is 0.507 e. The number of methoxy groups -OCH3 is 1. The highest BCUT2D eigenvalue weighted by molar-refractivity contribution is 6.46. The van der Waals surface area contributed by atoms with E-state index in [0.29, 0.717) is 23.5 Å². The Bertz CT molecular complexity index is 910. The zero-order valence-corrected chi connectivity index (χ0v) is 16.5. The first kappa shape index (κ1) is 20.5. The Morgan fingerprint density at radius 3 is 2.62 bits per heavy atom. The molecule has 1 atom stereocenters. The molecular formula is C22H24N2O5. The molecule has 0 saturated carbocycles. The van der Waals surface area contributed by atoms with Crippen molar-refractivity contribution in [1.82, 2.24) is 9.88 Å². The number of rotatable bonds is 8. The molecule has 1 aliphatic heterocycles. The molecule has 29 heavy (non-hydrogen) atoms. The van der Waals surface area contributed by atoms with Gasteiger partial charge < -0.3 is 19.5 Å². The second-order valence-electron chi connectivity index (χ2n) is 6.64. The van der Waals surface area contributed by atoms with E-state index < -0.39 is 17.7 Å². The molecule has 0 radical (unpaired) electrons. The van der Waals surface area contributed by atoms with Crippen molar-refractivity contribution in [2.24, 2.45) is 0 Å². The lowest BCUT2D eigenvalue weighted by atomic mass is 9.96. The highest BCUT2D eigenvalue weighted by Crippen LogP contribution is 2.39. The Balaban J connectivity index is 2.08. The Morgan fingerprint density at radius 1 is 1.17 bits per heavy atom. The molecular weight excluding hydrogens is 372 g/mol. The number of Topliss-reactive ketones (excluding diaryl/α,β-unsaturated/α-hetero) is 1. The number of aliphatic hydroxyl groups is 1. The van der Waals surface area contributed by atoms with E-state index in [-0.39, 0.29) is 24.5 Å². The van der Waals surface area contributed by atoms with Crippen molar-refractivity contribution in [2.45, 2.75) is 19.4 Å². The van der Waals surface area contributed by atoms with E-state index in [1.807, 2.05) is 6.92 Å². The van der Waals surface area contributed by atoms with Crippen LogP contribution < -0.4 is 4.74 Å². The molecule has 1 aromatic carbocycles. The number of hydrogen-bond donors (Lipinski definition) is 1. The van der Waals surface area contributed by atoms with Crippen molar-refractivity contribution in [3.05, 3.63) is 65.5 Å². The lowest BCUT2D eigenvalue weighted by molar-refractivity contribution is -0.140. The van der Waals surface area contributed by atoms with Crippen molar-refractivity contribution in [2.75, 3.05) is 26.9 Å². The molecule has 0 spiro atoms. The number of likely N-dealkylation sites (tertiary alicyclic amines) is 1. The number of ether oxygens (including phenoxy) is 2. The summed E-state index contributed by atoms with van der Waals surface area (Å²) in [7, 11) is 1.53. The summed E-state index contributed by atoms with van der Waals surface area (Å²) in [6, 6.07) is 9.60. The molecule has 0 bridgehead atoms. The summed E-state index contributed by atoms with van der Waals surface area (Å²) in [5.41, 5.74) is 1.16. The maximum atomic E-state index is 12.8. The fourth-order valence-electron chi connectivity index (χ4n) is 3.30. The van der Waals surface area contributed by atoms with Crippen LogP contribution in [-0.2, 0) is 14.3 Å². The smallest absolute Gasteiger partial charge is 0.295 e. The number of carbonyl (C=O) groups is 2. The highest BCUT2D eigenvalue weighted by Gasteiger charge is 2.45. The van der Waals surface area contributed by atoms with Gasteiger partial charge in [0.1, 0.15) is 11.5 Å². The first-order valence-corrected chi connectivity index (χ1v) is 9.49. The van der Waals surface area contributed by atoms with Gasteiger partial charge in [-0.15, -0.1) is 0 Å². The highest BCUT2D eigenvalue weighted by atomic mass is 16.5. The van der Waals surface area contributed by atoms with Crippen molar-refractivity contribution in [1.29, 1.82) is 0 Å². The predicted molar refractivity (Wildman–Crippen MR) is 107 cm³/mol. The Hall–Kier alpha value is -3.19. The van der Waals surface area contributed by atoms with Crippen LogP contribution in [0.15, 0.2) is 54.4 Å². The number of benzene rings is 1. The van der Waals surface area contributed by atoms with Crippen LogP contribution in [0, 0.1) is 0 Å². The van der Waals surface area contributed by atoms with Gasteiger partial charge in [0.2, 0.25) is 0 Å². The van der Waals surface area contributed by atoms with Gasteiger partial charge in [0, 0.05) is 31.6 Å². The number of carbonyl (C=O) groups excluding carboxylic acids is 2. The SMILES string of the molecule is CCCOc1cccc(/C(O)=C2\C(=O)C(=O)N(CCOC)C2c2ccncc2)c1. The van der Waals surface area contributed by atoms with Crippen LogP contribution in [-0.4, -0.2) is 53.5 Å². The predicted octanol–water partition coefficient (Wildman–Crippen LogP) is 2.94. The van der Waals surface area contributed by atoms with Crippen molar-refractivity contribution < 1.29 is 24.2 Å². The van der Waals surface area contributed by atoms with E-state index in [1.165, 1.54) is 12.0 Å². The Labute approximate surface area is 169 Å². The zero-order valence-electron chi connectivity index (χ0n) is 16.5. The molecule has 1 aliphatic rings. The Kier molecular flexibility index (Phi) is 6.61. The van der Waals surface area contributed by atoms with Crippen LogP contribution >= 0.6 is 0 Å². The van der Waals surface area contributed by atoms with Crippen LogP contribution in [0.25, 0.3) is 5.76 Å². The summed E-state index contributed by atoms with van der Waals surface area (Å²) in [5.74, 6) is -1.03. The number of amides is 1. The average molecular weight is 396 g/mol. The van der Waals surface area contributed by atoms with Crippen LogP contribution in [0.1, 0.15) is 30.5 Å². The minimum atomic E-state index is -0.722. The molecule has 0 aliphatic carbocycles. The van der Waals surface area contributed by atoms with Gasteiger partial charge in [0.05, 0.1) is 24.8 Å². The number of nitrogens with zero attached hydrogens (tertiary/aromatic N) is 2. The molecule has 2 heterocycles. The van der Waals surface area contributed by atoms with Crippen LogP contribution in [0.3, 0.4) is 0 Å². The second-order valence-corrected chi connectivity index (χ2v) is 6.64. The van der Waals surface area contributed by atoms with E-state index in [0.717, 1.165) is 6.42 Å². The number of ketones is 1. The maximum Gasteiger partial charge on any atom is 0.295 e. The van der Waals surface area contributed by atoms with Crippen molar-refractivity contribution >= 4 is 17.4 Å². The van der Waals surface area contributed by atoms with E-state index in [1.54, 1.807) is 48.8 Å². The number of aromatic nitrogens is 1. The summed E-state index contributed by atoms with van der Waals surface area (Å²) < 4.78 is 10.7. The topological polar surface area (TPSA) is 89.0 Å². The van der Waals surface area contributed by atoms with E-state index >= 15 is 0 Å². The van der Waals surface area contributed by atoms with Crippen molar-refractivity contribution in [3.63, 3.8) is 0 Å². The van der Waals surface area contributed by atoms with Gasteiger partial charge in [-0.2, -0.15) is 0 Å². The first-order valence-electron chi connectivity index (χ1n) is 9.49. The summed E-state index contributed by atoms with van der Waals surface area (Å²) in [4.78, 5) is 30.9. The second kappa shape index (κ2) is 9.34. The molecule has 1 fully saturated rings. The maximum absolute atomic E-state index is 12.8. The normalized spacial score (nSPS) is 18.3. The average Bonchev–Trinajstić information content (AvgIpc) is 3.01. The molecule has 1 saturated heterocycles. The van der Waals surface area contributed by atoms with Crippen LogP contribution in [0.5, 0.6) is 5.75 Å². The van der Waals surface area contributed by atoms with Gasteiger partial charge in [-0.25, -0.2) is 0 Å². The molecule has 152 valence electrons.